The molecule has 172 valence electrons. The van der Waals surface area contributed by atoms with Crippen LogP contribution in [0.4, 0.5) is 5.69 Å². The van der Waals surface area contributed by atoms with Gasteiger partial charge in [0.1, 0.15) is 18.2 Å². The molecular weight excluding hydrogens is 522 g/mol. The van der Waals surface area contributed by atoms with E-state index in [0.717, 1.165) is 0 Å². The molecule has 0 aromatic heterocycles. The number of amides is 1. The van der Waals surface area contributed by atoms with Gasteiger partial charge < -0.3 is 15.2 Å². The fourth-order valence-electron chi connectivity index (χ4n) is 2.79. The second kappa shape index (κ2) is 11.3. The largest absolute Gasteiger partial charge is 0.486 e. The van der Waals surface area contributed by atoms with Crippen molar-refractivity contribution in [3.63, 3.8) is 0 Å². The lowest BCUT2D eigenvalue weighted by Crippen LogP contribution is -2.13. The number of carboxylic acid groups (broad SMARTS) is 1. The van der Waals surface area contributed by atoms with Crippen LogP contribution in [-0.2, 0) is 11.4 Å². The number of ether oxygens (including phenoxy) is 1. The van der Waals surface area contributed by atoms with Crippen LogP contribution in [0.2, 0.25) is 20.1 Å². The Kier molecular flexibility index (Phi) is 8.43. The molecule has 1 amide bonds. The average molecular weight is 536 g/mol. The maximum atomic E-state index is 12.5. The van der Waals surface area contributed by atoms with Gasteiger partial charge >= 0.3 is 5.97 Å². The Morgan fingerprint density at radius 1 is 0.941 bits per heavy atom. The number of halogens is 4. The molecule has 0 saturated carbocycles. The summed E-state index contributed by atoms with van der Waals surface area (Å²) >= 11 is 24.4. The standard InChI is InChI=1S/C24H14Cl4N2O4/c25-18-6-5-17(10-19(18)26)30-23(31)16(11-29)7-14-8-20(27)22(21(28)9-14)34-12-13-1-3-15(4-2-13)24(32)33/h1-10H,12H2,(H,30,31)(H,32,33)/b16-7+. The zero-order valence-electron chi connectivity index (χ0n) is 17.1. The molecule has 3 aromatic carbocycles. The summed E-state index contributed by atoms with van der Waals surface area (Å²) in [5.74, 6) is -1.47. The summed E-state index contributed by atoms with van der Waals surface area (Å²) in [6.07, 6.45) is 1.33. The third kappa shape index (κ3) is 6.43. The van der Waals surface area contributed by atoms with Gasteiger partial charge in [0.2, 0.25) is 0 Å². The molecule has 2 N–H and O–H groups in total. The van der Waals surface area contributed by atoms with Gasteiger partial charge in [0.15, 0.2) is 5.75 Å². The van der Waals surface area contributed by atoms with Crippen molar-refractivity contribution in [1.29, 1.82) is 5.26 Å². The molecule has 0 radical (unpaired) electrons. The SMILES string of the molecule is N#C/C(=C\c1cc(Cl)c(OCc2ccc(C(=O)O)cc2)c(Cl)c1)C(=O)Nc1ccc(Cl)c(Cl)c1. The normalized spacial score (nSPS) is 11.0. The van der Waals surface area contributed by atoms with Gasteiger partial charge in [0.25, 0.3) is 5.91 Å². The molecule has 0 spiro atoms. The summed E-state index contributed by atoms with van der Waals surface area (Å²) in [6.45, 7) is 0.101. The van der Waals surface area contributed by atoms with Gasteiger partial charge in [-0.25, -0.2) is 4.79 Å². The van der Waals surface area contributed by atoms with Crippen molar-refractivity contribution in [2.45, 2.75) is 6.61 Å². The number of nitrogens with one attached hydrogen (secondary N) is 1. The number of hydrogen-bond donors (Lipinski definition) is 2. The van der Waals surface area contributed by atoms with Gasteiger partial charge in [-0.3, -0.25) is 4.79 Å². The molecule has 0 aliphatic rings. The molecule has 3 rings (SSSR count). The van der Waals surface area contributed by atoms with Crippen LogP contribution in [0.25, 0.3) is 6.08 Å². The topological polar surface area (TPSA) is 99.4 Å². The van der Waals surface area contributed by atoms with Crippen molar-refractivity contribution in [3.8, 4) is 11.8 Å². The quantitative estimate of drug-likeness (QED) is 0.248. The van der Waals surface area contributed by atoms with Crippen LogP contribution in [-0.4, -0.2) is 17.0 Å². The molecule has 10 heteroatoms. The lowest BCUT2D eigenvalue weighted by atomic mass is 10.1. The van der Waals surface area contributed by atoms with E-state index in [0.29, 0.717) is 21.8 Å². The van der Waals surface area contributed by atoms with E-state index < -0.39 is 11.9 Å². The van der Waals surface area contributed by atoms with E-state index in [1.54, 1.807) is 18.2 Å². The van der Waals surface area contributed by atoms with Crippen molar-refractivity contribution in [2.75, 3.05) is 5.32 Å². The van der Waals surface area contributed by atoms with Crippen LogP contribution >= 0.6 is 46.4 Å². The molecule has 0 aliphatic carbocycles. The molecule has 34 heavy (non-hydrogen) atoms. The van der Waals surface area contributed by atoms with Crippen molar-refractivity contribution in [2.24, 2.45) is 0 Å². The Labute approximate surface area is 214 Å². The fourth-order valence-corrected chi connectivity index (χ4v) is 3.70. The lowest BCUT2D eigenvalue weighted by Gasteiger charge is -2.11. The highest BCUT2D eigenvalue weighted by molar-refractivity contribution is 6.42. The number of nitrogens with zero attached hydrogens (tertiary/aromatic N) is 1. The van der Waals surface area contributed by atoms with E-state index in [1.165, 1.54) is 42.5 Å². The van der Waals surface area contributed by atoms with E-state index in [2.05, 4.69) is 5.32 Å². The Morgan fingerprint density at radius 3 is 2.15 bits per heavy atom. The first-order valence-electron chi connectivity index (χ1n) is 9.50. The van der Waals surface area contributed by atoms with Gasteiger partial charge in [0, 0.05) is 5.69 Å². The summed E-state index contributed by atoms with van der Waals surface area (Å²) in [7, 11) is 0. The summed E-state index contributed by atoms with van der Waals surface area (Å²) in [5.41, 5.74) is 1.47. The summed E-state index contributed by atoms with van der Waals surface area (Å²) < 4.78 is 5.69. The number of carbonyl (C=O) groups is 2. The molecule has 0 bridgehead atoms. The Hall–Kier alpha value is -3.21. The molecule has 0 heterocycles. The second-order valence-electron chi connectivity index (χ2n) is 6.86. The van der Waals surface area contributed by atoms with Crippen LogP contribution < -0.4 is 10.1 Å². The number of nitriles is 1. The molecule has 6 nitrogen and oxygen atoms in total. The number of hydrogen-bond acceptors (Lipinski definition) is 4. The van der Waals surface area contributed by atoms with Gasteiger partial charge in [-0.1, -0.05) is 58.5 Å². The summed E-state index contributed by atoms with van der Waals surface area (Å²) in [4.78, 5) is 23.4. The molecule has 0 saturated heterocycles. The van der Waals surface area contributed by atoms with Gasteiger partial charge in [-0.05, 0) is 59.7 Å². The van der Waals surface area contributed by atoms with Crippen molar-refractivity contribution >= 4 is 70.0 Å². The monoisotopic (exact) mass is 534 g/mol. The van der Waals surface area contributed by atoms with Crippen LogP contribution in [0.5, 0.6) is 5.75 Å². The van der Waals surface area contributed by atoms with Crippen LogP contribution in [0.1, 0.15) is 21.5 Å². The first-order valence-corrected chi connectivity index (χ1v) is 11.0. The molecule has 0 atom stereocenters. The van der Waals surface area contributed by atoms with E-state index in [-0.39, 0.29) is 38.6 Å². The number of carboxylic acids is 1. The molecule has 3 aromatic rings. The molecule has 0 unspecified atom stereocenters. The predicted molar refractivity (Wildman–Crippen MR) is 133 cm³/mol. The summed E-state index contributed by atoms with van der Waals surface area (Å²) in [6, 6.07) is 15.5. The van der Waals surface area contributed by atoms with E-state index in [9.17, 15) is 14.9 Å². The average Bonchev–Trinajstić information content (AvgIpc) is 2.79. The second-order valence-corrected chi connectivity index (χ2v) is 8.49. The zero-order valence-corrected chi connectivity index (χ0v) is 20.1. The minimum atomic E-state index is -1.02. The highest BCUT2D eigenvalue weighted by Gasteiger charge is 2.14. The number of anilines is 1. The maximum absolute atomic E-state index is 12.5. The molecule has 0 fully saturated rings. The van der Waals surface area contributed by atoms with Crippen molar-refractivity contribution in [1.82, 2.24) is 0 Å². The molecular formula is C24H14Cl4N2O4. The zero-order chi connectivity index (χ0) is 24.8. The highest BCUT2D eigenvalue weighted by Crippen LogP contribution is 2.35. The van der Waals surface area contributed by atoms with E-state index in [1.807, 2.05) is 6.07 Å². The minimum absolute atomic E-state index is 0.101. The number of benzene rings is 3. The maximum Gasteiger partial charge on any atom is 0.335 e. The van der Waals surface area contributed by atoms with Gasteiger partial charge in [-0.15, -0.1) is 0 Å². The van der Waals surface area contributed by atoms with E-state index in [4.69, 9.17) is 56.2 Å². The van der Waals surface area contributed by atoms with Crippen LogP contribution in [0.15, 0.2) is 60.2 Å². The number of carbonyl (C=O) groups excluding carboxylic acids is 1. The Balaban J connectivity index is 1.75. The fraction of sp³-hybridized carbons (Fsp3) is 0.0417. The Morgan fingerprint density at radius 2 is 1.59 bits per heavy atom. The van der Waals surface area contributed by atoms with Crippen LogP contribution in [0, 0.1) is 11.3 Å². The third-order valence-corrected chi connectivity index (χ3v) is 5.76. The lowest BCUT2D eigenvalue weighted by molar-refractivity contribution is -0.112. The van der Waals surface area contributed by atoms with Gasteiger partial charge in [-0.2, -0.15) is 5.26 Å². The third-order valence-electron chi connectivity index (χ3n) is 4.46. The Bertz CT molecular complexity index is 1310. The predicted octanol–water partition coefficient (Wildman–Crippen LogP) is 7.12. The van der Waals surface area contributed by atoms with Crippen molar-refractivity contribution in [3.05, 3.63) is 97.0 Å². The summed E-state index contributed by atoms with van der Waals surface area (Å²) in [5, 5.41) is 21.9. The van der Waals surface area contributed by atoms with Crippen molar-refractivity contribution < 1.29 is 19.4 Å². The first kappa shape index (κ1) is 25.4. The molecule has 0 aliphatic heterocycles. The highest BCUT2D eigenvalue weighted by atomic mass is 35.5. The van der Waals surface area contributed by atoms with E-state index >= 15 is 0 Å². The number of aromatic carboxylic acids is 1. The smallest absolute Gasteiger partial charge is 0.335 e. The number of rotatable bonds is 7. The minimum Gasteiger partial charge on any atom is -0.486 e. The van der Waals surface area contributed by atoms with Gasteiger partial charge in [0.05, 0.1) is 25.7 Å². The van der Waals surface area contributed by atoms with Crippen LogP contribution in [0.3, 0.4) is 0 Å². The first-order chi connectivity index (χ1) is 16.2.